The molecule has 0 fully saturated rings. The van der Waals surface area contributed by atoms with E-state index in [0.29, 0.717) is 30.6 Å². The maximum atomic E-state index is 13.6. The Labute approximate surface area is 295 Å². The lowest BCUT2D eigenvalue weighted by Gasteiger charge is -2.38. The van der Waals surface area contributed by atoms with E-state index in [1.165, 1.54) is 0 Å². The first kappa shape index (κ1) is 46.4. The highest BCUT2D eigenvalue weighted by molar-refractivity contribution is 7.99. The first-order chi connectivity index (χ1) is 22.5. The third kappa shape index (κ3) is 14.3. The van der Waals surface area contributed by atoms with E-state index in [0.717, 1.165) is 37.0 Å². The number of rotatable bonds is 17. The Morgan fingerprint density at radius 1 is 1.10 bits per heavy atom. The van der Waals surface area contributed by atoms with E-state index in [2.05, 4.69) is 22.4 Å². The molecule has 0 saturated carbocycles. The first-order valence-electron chi connectivity index (χ1n) is 17.5. The van der Waals surface area contributed by atoms with Crippen molar-refractivity contribution in [1.29, 1.82) is 0 Å². The lowest BCUT2D eigenvalue weighted by molar-refractivity contribution is -0.0179. The number of aliphatic hydroxyl groups excluding tert-OH is 4. The first-order valence-corrected chi connectivity index (χ1v) is 20.4. The summed E-state index contributed by atoms with van der Waals surface area (Å²) in [4.78, 5) is 2.40. The Morgan fingerprint density at radius 2 is 1.79 bits per heavy atom. The number of hydrogen-bond donors (Lipinski definition) is 5. The van der Waals surface area contributed by atoms with Crippen molar-refractivity contribution in [2.45, 2.75) is 129 Å². The molecule has 0 aromatic heterocycles. The molecule has 0 amide bonds. The quantitative estimate of drug-likeness (QED) is 0.0997. The van der Waals surface area contributed by atoms with Crippen LogP contribution in [0.15, 0.2) is 58.4 Å². The van der Waals surface area contributed by atoms with Gasteiger partial charge in [-0.05, 0) is 68.9 Å². The molecule has 12 heteroatoms. The van der Waals surface area contributed by atoms with Crippen LogP contribution in [0, 0.1) is 5.92 Å². The van der Waals surface area contributed by atoms with Gasteiger partial charge in [0.25, 0.3) is 0 Å². The molecule has 3 aliphatic carbocycles. The molecule has 5 unspecified atom stereocenters. The molecule has 0 bridgehead atoms. The Kier molecular flexibility index (Phi) is 23.7. The van der Waals surface area contributed by atoms with E-state index < -0.39 is 34.3 Å². The molecule has 0 saturated heterocycles. The fraction of sp³-hybridized carbons (Fsp3) is 0.722. The second kappa shape index (κ2) is 24.5. The number of unbranched alkanes of at least 4 members (excludes halogenated alkanes) is 1. The average Bonchev–Trinajstić information content (AvgIpc) is 3.10. The molecule has 0 radical (unpaired) electrons. The third-order valence-electron chi connectivity index (χ3n) is 8.47. The van der Waals surface area contributed by atoms with E-state index in [-0.39, 0.29) is 47.4 Å². The number of sulfone groups is 1. The van der Waals surface area contributed by atoms with Crippen LogP contribution in [0.2, 0.25) is 0 Å². The van der Waals surface area contributed by atoms with Crippen LogP contribution in [-0.2, 0) is 14.6 Å². The number of aliphatic hydroxyl groups is 4. The summed E-state index contributed by atoms with van der Waals surface area (Å²) in [5, 5.41) is 44.3. The van der Waals surface area contributed by atoms with Crippen molar-refractivity contribution in [1.82, 2.24) is 10.2 Å². The molecule has 3 aliphatic rings. The van der Waals surface area contributed by atoms with E-state index in [4.69, 9.17) is 4.74 Å². The van der Waals surface area contributed by atoms with Crippen molar-refractivity contribution >= 4 is 21.6 Å². The average molecular weight is 719 g/mol. The minimum absolute atomic E-state index is 0. The fourth-order valence-corrected chi connectivity index (χ4v) is 8.23. The SMILES string of the molecule is CC.CC.CCCCS(=O)(=O)C1=CC(OCC(O)N[C@H](C2=CC=C(O)CC2)C(O)C[C@@H](C)CO)C(SC)C=C1N(C)C1CC=CCC1.O. The van der Waals surface area contributed by atoms with Gasteiger partial charge in [-0.1, -0.05) is 71.8 Å². The normalized spacial score (nSPS) is 23.2. The summed E-state index contributed by atoms with van der Waals surface area (Å²) < 4.78 is 33.4. The summed E-state index contributed by atoms with van der Waals surface area (Å²) in [5.74, 6) is 0.198. The molecule has 7 N–H and O–H groups in total. The van der Waals surface area contributed by atoms with E-state index in [1.807, 2.05) is 60.9 Å². The number of ether oxygens (including phenoxy) is 1. The van der Waals surface area contributed by atoms with Gasteiger partial charge in [0.15, 0.2) is 9.84 Å². The molecule has 3 rings (SSSR count). The van der Waals surface area contributed by atoms with Crippen molar-refractivity contribution < 1.29 is 39.1 Å². The van der Waals surface area contributed by atoms with Gasteiger partial charge < -0.3 is 35.5 Å². The number of thioether (sulfide) groups is 1. The molecule has 48 heavy (non-hydrogen) atoms. The van der Waals surface area contributed by atoms with Crippen LogP contribution in [-0.4, -0.2) is 107 Å². The van der Waals surface area contributed by atoms with Gasteiger partial charge in [0.1, 0.15) is 6.23 Å². The number of likely N-dealkylation sites (N-methyl/N-ethyl adjacent to an activating group) is 1. The van der Waals surface area contributed by atoms with Gasteiger partial charge in [0, 0.05) is 26.1 Å². The molecule has 0 aromatic carbocycles. The third-order valence-corrected chi connectivity index (χ3v) is 11.3. The maximum Gasteiger partial charge on any atom is 0.180 e. The van der Waals surface area contributed by atoms with Gasteiger partial charge in [-0.2, -0.15) is 11.8 Å². The zero-order valence-electron chi connectivity index (χ0n) is 30.6. The summed E-state index contributed by atoms with van der Waals surface area (Å²) in [6, 6.07) is -0.389. The van der Waals surface area contributed by atoms with E-state index in [1.54, 1.807) is 30.0 Å². The zero-order chi connectivity index (χ0) is 35.6. The van der Waals surface area contributed by atoms with E-state index >= 15 is 0 Å². The van der Waals surface area contributed by atoms with Crippen molar-refractivity contribution in [2.24, 2.45) is 5.92 Å². The number of hydrogen-bond acceptors (Lipinski definition) is 10. The second-order valence-electron chi connectivity index (χ2n) is 12.0. The van der Waals surface area contributed by atoms with Crippen molar-refractivity contribution in [3.05, 3.63) is 58.4 Å². The summed E-state index contributed by atoms with van der Waals surface area (Å²) in [6.07, 6.45) is 16.2. The van der Waals surface area contributed by atoms with Crippen molar-refractivity contribution in [3.8, 4) is 0 Å². The van der Waals surface area contributed by atoms with Gasteiger partial charge in [-0.25, -0.2) is 8.42 Å². The van der Waals surface area contributed by atoms with Crippen LogP contribution in [0.4, 0.5) is 0 Å². The van der Waals surface area contributed by atoms with Gasteiger partial charge in [-0.3, -0.25) is 5.32 Å². The summed E-state index contributed by atoms with van der Waals surface area (Å²) in [5.41, 5.74) is 1.56. The predicted molar refractivity (Wildman–Crippen MR) is 201 cm³/mol. The van der Waals surface area contributed by atoms with Gasteiger partial charge in [0.05, 0.1) is 52.2 Å². The topological polar surface area (TPSA) is 171 Å². The number of nitrogens with zero attached hydrogens (tertiary/aromatic N) is 1. The Morgan fingerprint density at radius 3 is 2.33 bits per heavy atom. The lowest BCUT2D eigenvalue weighted by atomic mass is 9.89. The summed E-state index contributed by atoms with van der Waals surface area (Å²) in [7, 11) is -1.59. The van der Waals surface area contributed by atoms with Crippen LogP contribution in [0.3, 0.4) is 0 Å². The molecule has 10 nitrogen and oxygen atoms in total. The van der Waals surface area contributed by atoms with E-state index in [9.17, 15) is 28.8 Å². The molecular formula is C36H66N2O8S2. The van der Waals surface area contributed by atoms with Crippen LogP contribution >= 0.6 is 11.8 Å². The monoisotopic (exact) mass is 718 g/mol. The molecule has 280 valence electrons. The highest BCUT2D eigenvalue weighted by Crippen LogP contribution is 2.35. The molecular weight excluding hydrogens is 653 g/mol. The molecule has 0 heterocycles. The Hall–Kier alpha value is -1.64. The largest absolute Gasteiger partial charge is 0.512 e. The minimum atomic E-state index is -3.57. The zero-order valence-corrected chi connectivity index (χ0v) is 32.2. The number of nitrogens with one attached hydrogen (secondary N) is 1. The fourth-order valence-electron chi connectivity index (χ4n) is 5.78. The van der Waals surface area contributed by atoms with Gasteiger partial charge in [-0.15, -0.1) is 0 Å². The number of allylic oxidation sites excluding steroid dienone is 4. The Bertz CT molecular complexity index is 1170. The van der Waals surface area contributed by atoms with Crippen LogP contribution in [0.5, 0.6) is 0 Å². The van der Waals surface area contributed by atoms with Crippen molar-refractivity contribution in [2.75, 3.05) is 32.3 Å². The maximum absolute atomic E-state index is 13.6. The second-order valence-corrected chi connectivity index (χ2v) is 15.0. The van der Waals surface area contributed by atoms with Crippen LogP contribution in [0.25, 0.3) is 0 Å². The van der Waals surface area contributed by atoms with Crippen LogP contribution in [0.1, 0.15) is 92.9 Å². The highest BCUT2D eigenvalue weighted by Gasteiger charge is 2.35. The molecule has 0 spiro atoms. The Balaban J connectivity index is 0.00000425. The van der Waals surface area contributed by atoms with Crippen LogP contribution < -0.4 is 5.32 Å². The van der Waals surface area contributed by atoms with Crippen molar-refractivity contribution in [3.63, 3.8) is 0 Å². The van der Waals surface area contributed by atoms with Gasteiger partial charge >= 0.3 is 0 Å². The van der Waals surface area contributed by atoms with Gasteiger partial charge in [0.2, 0.25) is 0 Å². The lowest BCUT2D eigenvalue weighted by Crippen LogP contribution is -2.49. The molecule has 0 aromatic rings. The predicted octanol–water partition coefficient (Wildman–Crippen LogP) is 5.19. The molecule has 7 atom stereocenters. The minimum Gasteiger partial charge on any atom is -0.512 e. The summed E-state index contributed by atoms with van der Waals surface area (Å²) in [6.45, 7) is 11.6. The standard InChI is InChI=1S/C32H52N2O7S2.2C2H6.H2O/c1-5-6-16-43(39,40)30-19-28(29(42-4)18-26(30)34(3)24-10-8-7-9-11-24)41-21-31(38)33-32(27(37)17-22(2)20-35)23-12-14-25(36)15-13-23;2*1-2;/h7-8,12,14,18-19,22,24,27-29,31-33,35-38H,5-6,9-11,13,15-17,20-21H2,1-4H3;2*1-2H3;1H2/t22-,24?,27?,28?,29?,31?,32-;;;/m1.../s1. The molecule has 0 aliphatic heterocycles. The smallest absolute Gasteiger partial charge is 0.180 e. The highest BCUT2D eigenvalue weighted by atomic mass is 32.2. The summed E-state index contributed by atoms with van der Waals surface area (Å²) >= 11 is 1.57.